The average Bonchev–Trinajstić information content (AvgIpc) is 2.68. The molecule has 0 bridgehead atoms. The molecule has 0 aliphatic heterocycles. The summed E-state index contributed by atoms with van der Waals surface area (Å²) in [5.74, 6) is -0.0475. The number of aryl methyl sites for hydroxylation is 1. The summed E-state index contributed by atoms with van der Waals surface area (Å²) in [5.41, 5.74) is 1.22. The van der Waals surface area contributed by atoms with E-state index >= 15 is 0 Å². The number of rotatable bonds is 3. The zero-order chi connectivity index (χ0) is 11.5. The second kappa shape index (κ2) is 4.45. The maximum Gasteiger partial charge on any atom is 0.187 e. The van der Waals surface area contributed by atoms with Crippen LogP contribution in [0.1, 0.15) is 16.1 Å². The van der Waals surface area contributed by atoms with Crippen molar-refractivity contribution in [3.05, 3.63) is 47.3 Å². The SMILES string of the molecule is Cn1cnc(C(=O)Cc2ccncc2Cl)c1. The van der Waals surface area contributed by atoms with Gasteiger partial charge in [-0.05, 0) is 11.6 Å². The molecule has 2 heterocycles. The van der Waals surface area contributed by atoms with Gasteiger partial charge in [0.25, 0.3) is 0 Å². The number of halogens is 1. The first kappa shape index (κ1) is 10.8. The van der Waals surface area contributed by atoms with Gasteiger partial charge in [0, 0.05) is 32.1 Å². The van der Waals surface area contributed by atoms with E-state index in [0.717, 1.165) is 5.56 Å². The number of imidazole rings is 1. The van der Waals surface area contributed by atoms with Crippen molar-refractivity contribution in [1.82, 2.24) is 14.5 Å². The van der Waals surface area contributed by atoms with E-state index in [0.29, 0.717) is 10.7 Å². The molecule has 0 amide bonds. The molecule has 0 spiro atoms. The van der Waals surface area contributed by atoms with E-state index in [1.165, 1.54) is 6.20 Å². The fourth-order valence-electron chi connectivity index (χ4n) is 1.37. The Morgan fingerprint density at radius 3 is 3.00 bits per heavy atom. The molecule has 0 N–H and O–H groups in total. The molecular weight excluding hydrogens is 226 g/mol. The normalized spacial score (nSPS) is 10.4. The standard InChI is InChI=1S/C11H10ClN3O/c1-15-6-10(14-7-15)11(16)4-8-2-3-13-5-9(8)12/h2-3,5-7H,4H2,1H3. The van der Waals surface area contributed by atoms with Crippen molar-refractivity contribution < 1.29 is 4.79 Å². The predicted octanol–water partition coefficient (Wildman–Crippen LogP) is 1.89. The average molecular weight is 236 g/mol. The number of Topliss-reactive ketones (excluding diaryl/α,β-unsaturated/α-hetero) is 1. The number of ketones is 1. The van der Waals surface area contributed by atoms with Crippen molar-refractivity contribution >= 4 is 17.4 Å². The van der Waals surface area contributed by atoms with Gasteiger partial charge in [0.2, 0.25) is 0 Å². The monoisotopic (exact) mass is 235 g/mol. The van der Waals surface area contributed by atoms with Crippen LogP contribution in [0.25, 0.3) is 0 Å². The number of aromatic nitrogens is 3. The van der Waals surface area contributed by atoms with E-state index in [1.807, 2.05) is 7.05 Å². The number of hydrogen-bond donors (Lipinski definition) is 0. The van der Waals surface area contributed by atoms with Crippen LogP contribution in [0.5, 0.6) is 0 Å². The van der Waals surface area contributed by atoms with Gasteiger partial charge in [-0.25, -0.2) is 4.98 Å². The highest BCUT2D eigenvalue weighted by molar-refractivity contribution is 6.31. The third kappa shape index (κ3) is 2.28. The van der Waals surface area contributed by atoms with Crippen molar-refractivity contribution in [3.63, 3.8) is 0 Å². The Labute approximate surface area is 97.9 Å². The highest BCUT2D eigenvalue weighted by atomic mass is 35.5. The molecule has 0 saturated carbocycles. The van der Waals surface area contributed by atoms with Crippen LogP contribution in [0.15, 0.2) is 31.0 Å². The summed E-state index contributed by atoms with van der Waals surface area (Å²) in [6.45, 7) is 0. The molecule has 4 nitrogen and oxygen atoms in total. The number of pyridine rings is 1. The second-order valence-electron chi connectivity index (χ2n) is 3.49. The molecule has 0 aliphatic carbocycles. The fraction of sp³-hybridized carbons (Fsp3) is 0.182. The molecule has 2 rings (SSSR count). The van der Waals surface area contributed by atoms with Crippen LogP contribution in [-0.2, 0) is 13.5 Å². The Morgan fingerprint density at radius 1 is 1.56 bits per heavy atom. The molecule has 0 fully saturated rings. The molecule has 0 radical (unpaired) electrons. The van der Waals surface area contributed by atoms with E-state index < -0.39 is 0 Å². The molecule has 0 aliphatic rings. The lowest BCUT2D eigenvalue weighted by atomic mass is 10.1. The maximum atomic E-state index is 11.8. The quantitative estimate of drug-likeness (QED) is 0.764. The third-order valence-electron chi connectivity index (χ3n) is 2.20. The molecule has 5 heteroatoms. The van der Waals surface area contributed by atoms with Crippen LogP contribution in [0.2, 0.25) is 5.02 Å². The molecule has 0 atom stereocenters. The summed E-state index contributed by atoms with van der Waals surface area (Å²) >= 11 is 5.92. The fourth-order valence-corrected chi connectivity index (χ4v) is 1.55. The molecule has 0 saturated heterocycles. The van der Waals surface area contributed by atoms with Crippen LogP contribution in [0.3, 0.4) is 0 Å². The van der Waals surface area contributed by atoms with Crippen LogP contribution >= 0.6 is 11.6 Å². The first-order chi connectivity index (χ1) is 7.66. The zero-order valence-corrected chi connectivity index (χ0v) is 9.48. The number of hydrogen-bond acceptors (Lipinski definition) is 3. The first-order valence-electron chi connectivity index (χ1n) is 4.76. The van der Waals surface area contributed by atoms with E-state index in [2.05, 4.69) is 9.97 Å². The number of nitrogens with zero attached hydrogens (tertiary/aromatic N) is 3. The smallest absolute Gasteiger partial charge is 0.187 e. The lowest BCUT2D eigenvalue weighted by Crippen LogP contribution is -2.04. The molecule has 2 aromatic heterocycles. The van der Waals surface area contributed by atoms with Gasteiger partial charge in [-0.3, -0.25) is 9.78 Å². The molecule has 82 valence electrons. The Balaban J connectivity index is 2.17. The van der Waals surface area contributed by atoms with Gasteiger partial charge in [-0.2, -0.15) is 0 Å². The van der Waals surface area contributed by atoms with Crippen molar-refractivity contribution in [2.45, 2.75) is 6.42 Å². The van der Waals surface area contributed by atoms with Crippen LogP contribution < -0.4 is 0 Å². The van der Waals surface area contributed by atoms with Gasteiger partial charge in [0.15, 0.2) is 5.78 Å². The van der Waals surface area contributed by atoms with E-state index in [9.17, 15) is 4.79 Å². The number of carbonyl (C=O) groups excluding carboxylic acids is 1. The van der Waals surface area contributed by atoms with Crippen LogP contribution in [0, 0.1) is 0 Å². The van der Waals surface area contributed by atoms with Gasteiger partial charge in [-0.15, -0.1) is 0 Å². The summed E-state index contributed by atoms with van der Waals surface area (Å²) in [7, 11) is 1.82. The Bertz CT molecular complexity index is 521. The molecular formula is C11H10ClN3O. The van der Waals surface area contributed by atoms with Crippen molar-refractivity contribution in [2.24, 2.45) is 7.05 Å². The van der Waals surface area contributed by atoms with E-state index in [1.54, 1.807) is 29.4 Å². The Hall–Kier alpha value is -1.68. The molecule has 2 aromatic rings. The summed E-state index contributed by atoms with van der Waals surface area (Å²) in [6, 6.07) is 1.74. The van der Waals surface area contributed by atoms with Gasteiger partial charge in [0.05, 0.1) is 11.3 Å². The zero-order valence-electron chi connectivity index (χ0n) is 8.72. The summed E-state index contributed by atoms with van der Waals surface area (Å²) < 4.78 is 1.74. The maximum absolute atomic E-state index is 11.8. The van der Waals surface area contributed by atoms with Gasteiger partial charge in [-0.1, -0.05) is 11.6 Å². The highest BCUT2D eigenvalue weighted by Crippen LogP contribution is 2.15. The Kier molecular flexibility index (Phi) is 3.01. The largest absolute Gasteiger partial charge is 0.340 e. The van der Waals surface area contributed by atoms with Gasteiger partial charge in [0.1, 0.15) is 5.69 Å². The van der Waals surface area contributed by atoms with Crippen LogP contribution in [0.4, 0.5) is 0 Å². The minimum absolute atomic E-state index is 0.0475. The number of carbonyl (C=O) groups is 1. The lowest BCUT2D eigenvalue weighted by molar-refractivity contribution is 0.0988. The lowest BCUT2D eigenvalue weighted by Gasteiger charge is -2.00. The minimum Gasteiger partial charge on any atom is -0.340 e. The molecule has 16 heavy (non-hydrogen) atoms. The summed E-state index contributed by atoms with van der Waals surface area (Å²) in [5, 5.41) is 0.506. The van der Waals surface area contributed by atoms with Gasteiger partial charge >= 0.3 is 0 Å². The Morgan fingerprint density at radius 2 is 2.38 bits per heavy atom. The van der Waals surface area contributed by atoms with Crippen LogP contribution in [-0.4, -0.2) is 20.3 Å². The first-order valence-corrected chi connectivity index (χ1v) is 5.14. The summed E-state index contributed by atoms with van der Waals surface area (Å²) in [6.07, 6.45) is 6.69. The summed E-state index contributed by atoms with van der Waals surface area (Å²) in [4.78, 5) is 19.7. The van der Waals surface area contributed by atoms with Crippen molar-refractivity contribution in [2.75, 3.05) is 0 Å². The minimum atomic E-state index is -0.0475. The van der Waals surface area contributed by atoms with E-state index in [4.69, 9.17) is 11.6 Å². The van der Waals surface area contributed by atoms with Crippen molar-refractivity contribution in [1.29, 1.82) is 0 Å². The highest BCUT2D eigenvalue weighted by Gasteiger charge is 2.11. The van der Waals surface area contributed by atoms with Gasteiger partial charge < -0.3 is 4.57 Å². The predicted molar refractivity (Wildman–Crippen MR) is 60.5 cm³/mol. The third-order valence-corrected chi connectivity index (χ3v) is 2.54. The second-order valence-corrected chi connectivity index (χ2v) is 3.90. The van der Waals surface area contributed by atoms with E-state index in [-0.39, 0.29) is 12.2 Å². The van der Waals surface area contributed by atoms with Crippen molar-refractivity contribution in [3.8, 4) is 0 Å². The topological polar surface area (TPSA) is 47.8 Å². The molecule has 0 unspecified atom stereocenters. The molecule has 0 aromatic carbocycles.